The molecule has 1 atom stereocenters. The molecule has 2 heterocycles. The minimum Gasteiger partial charge on any atom is -0.329 e. The lowest BCUT2D eigenvalue weighted by molar-refractivity contribution is -0.146. The molecule has 0 aliphatic carbocycles. The molecule has 0 spiro atoms. The molecule has 0 amide bonds. The molecule has 3 rings (SSSR count). The zero-order valence-corrected chi connectivity index (χ0v) is 12.5. The van der Waals surface area contributed by atoms with Gasteiger partial charge in [0.25, 0.3) is 0 Å². The Morgan fingerprint density at radius 1 is 1.26 bits per heavy atom. The smallest absolute Gasteiger partial charge is 0.329 e. The van der Waals surface area contributed by atoms with Gasteiger partial charge >= 0.3 is 6.18 Å². The maximum atomic E-state index is 13.1. The van der Waals surface area contributed by atoms with Gasteiger partial charge in [-0.15, -0.1) is 0 Å². The Morgan fingerprint density at radius 2 is 2.09 bits per heavy atom. The minimum absolute atomic E-state index is 0.0509. The number of hydrogen-bond donors (Lipinski definition) is 1. The summed E-state index contributed by atoms with van der Waals surface area (Å²) >= 11 is 0. The molecular weight excluding hydrogens is 307 g/mol. The van der Waals surface area contributed by atoms with Crippen molar-refractivity contribution in [1.82, 2.24) is 15.0 Å². The standard InChI is InChI=1S/C15H16F3N5/c1-10-4-2-5-11(8-10)21-13-19-9-20-14(22-13)23-7-3-6-12(23)15(16,17)18/h2,4-5,8-9,12H,3,6-7H2,1H3,(H,19,20,21,22)/t12-/m1/s1. The molecule has 0 saturated carbocycles. The van der Waals surface area contributed by atoms with Crippen molar-refractivity contribution in [3.63, 3.8) is 0 Å². The minimum atomic E-state index is -4.28. The van der Waals surface area contributed by atoms with Crippen LogP contribution >= 0.6 is 0 Å². The van der Waals surface area contributed by atoms with Gasteiger partial charge in [0.2, 0.25) is 11.9 Å². The summed E-state index contributed by atoms with van der Waals surface area (Å²) in [5.41, 5.74) is 1.83. The summed E-state index contributed by atoms with van der Waals surface area (Å²) < 4.78 is 39.2. The van der Waals surface area contributed by atoms with Gasteiger partial charge in [0.1, 0.15) is 12.4 Å². The molecule has 122 valence electrons. The van der Waals surface area contributed by atoms with Crippen molar-refractivity contribution in [1.29, 1.82) is 0 Å². The molecule has 1 aliphatic heterocycles. The van der Waals surface area contributed by atoms with Crippen molar-refractivity contribution in [2.24, 2.45) is 0 Å². The van der Waals surface area contributed by atoms with Crippen LogP contribution < -0.4 is 10.2 Å². The molecule has 1 fully saturated rings. The van der Waals surface area contributed by atoms with Crippen molar-refractivity contribution < 1.29 is 13.2 Å². The molecule has 2 aromatic rings. The fraction of sp³-hybridized carbons (Fsp3) is 0.400. The van der Waals surface area contributed by atoms with E-state index in [-0.39, 0.29) is 24.9 Å². The number of hydrogen-bond acceptors (Lipinski definition) is 5. The van der Waals surface area contributed by atoms with Gasteiger partial charge < -0.3 is 10.2 Å². The van der Waals surface area contributed by atoms with Gasteiger partial charge in [-0.2, -0.15) is 18.2 Å². The van der Waals surface area contributed by atoms with Crippen LogP contribution in [0.2, 0.25) is 0 Å². The lowest BCUT2D eigenvalue weighted by Crippen LogP contribution is -2.42. The Kier molecular flexibility index (Phi) is 4.06. The second kappa shape index (κ2) is 6.02. The molecule has 0 radical (unpaired) electrons. The van der Waals surface area contributed by atoms with Crippen molar-refractivity contribution in [3.05, 3.63) is 36.2 Å². The third-order valence-electron chi connectivity index (χ3n) is 3.72. The molecule has 1 aliphatic rings. The number of halogens is 3. The molecule has 1 saturated heterocycles. The number of nitrogens with one attached hydrogen (secondary N) is 1. The first-order valence-corrected chi connectivity index (χ1v) is 7.29. The number of benzene rings is 1. The van der Waals surface area contributed by atoms with Gasteiger partial charge in [-0.25, -0.2) is 9.97 Å². The van der Waals surface area contributed by atoms with Gasteiger partial charge in [-0.05, 0) is 37.5 Å². The highest BCUT2D eigenvalue weighted by atomic mass is 19.4. The predicted molar refractivity (Wildman–Crippen MR) is 80.7 cm³/mol. The highest BCUT2D eigenvalue weighted by Crippen LogP contribution is 2.34. The van der Waals surface area contributed by atoms with Crippen LogP contribution in [-0.4, -0.2) is 33.7 Å². The van der Waals surface area contributed by atoms with Crippen LogP contribution in [0.15, 0.2) is 30.6 Å². The fourth-order valence-corrected chi connectivity index (χ4v) is 2.68. The van der Waals surface area contributed by atoms with E-state index >= 15 is 0 Å². The van der Waals surface area contributed by atoms with Crippen molar-refractivity contribution in [2.75, 3.05) is 16.8 Å². The van der Waals surface area contributed by atoms with E-state index in [1.54, 1.807) is 0 Å². The molecule has 1 aromatic heterocycles. The average Bonchev–Trinajstić information content (AvgIpc) is 2.97. The van der Waals surface area contributed by atoms with Crippen LogP contribution in [-0.2, 0) is 0 Å². The number of aromatic nitrogens is 3. The molecule has 5 nitrogen and oxygen atoms in total. The number of rotatable bonds is 3. The lowest BCUT2D eigenvalue weighted by atomic mass is 10.2. The second-order valence-corrected chi connectivity index (χ2v) is 5.50. The topological polar surface area (TPSA) is 53.9 Å². The SMILES string of the molecule is Cc1cccc(Nc2ncnc(N3CCC[C@@H]3C(F)(F)F)n2)c1. The fourth-order valence-electron chi connectivity index (χ4n) is 2.68. The van der Waals surface area contributed by atoms with Crippen LogP contribution in [0.25, 0.3) is 0 Å². The van der Waals surface area contributed by atoms with Crippen molar-refractivity contribution >= 4 is 17.6 Å². The van der Waals surface area contributed by atoms with Gasteiger partial charge in [-0.3, -0.25) is 0 Å². The molecular formula is C15H16F3N5. The molecule has 1 aromatic carbocycles. The number of aryl methyl sites for hydroxylation is 1. The maximum Gasteiger partial charge on any atom is 0.408 e. The van der Waals surface area contributed by atoms with E-state index in [0.29, 0.717) is 6.42 Å². The highest BCUT2D eigenvalue weighted by molar-refractivity contribution is 5.55. The highest BCUT2D eigenvalue weighted by Gasteiger charge is 2.46. The lowest BCUT2D eigenvalue weighted by Gasteiger charge is -2.26. The number of nitrogens with zero attached hydrogens (tertiary/aromatic N) is 4. The molecule has 8 heteroatoms. The Bertz CT molecular complexity index is 689. The monoisotopic (exact) mass is 323 g/mol. The Hall–Kier alpha value is -2.38. The van der Waals surface area contributed by atoms with E-state index in [2.05, 4.69) is 20.3 Å². The molecule has 0 unspecified atom stereocenters. The molecule has 1 N–H and O–H groups in total. The van der Waals surface area contributed by atoms with Crippen molar-refractivity contribution in [2.45, 2.75) is 32.0 Å². The van der Waals surface area contributed by atoms with Crippen molar-refractivity contribution in [3.8, 4) is 0 Å². The van der Waals surface area contributed by atoms with Crippen LogP contribution in [0.5, 0.6) is 0 Å². The zero-order valence-electron chi connectivity index (χ0n) is 12.5. The summed E-state index contributed by atoms with van der Waals surface area (Å²) in [5.74, 6) is 0.281. The van der Waals surface area contributed by atoms with Gasteiger partial charge in [0, 0.05) is 12.2 Å². The van der Waals surface area contributed by atoms with Gasteiger partial charge in [-0.1, -0.05) is 12.1 Å². The van der Waals surface area contributed by atoms with E-state index < -0.39 is 12.2 Å². The zero-order chi connectivity index (χ0) is 16.4. The van der Waals surface area contributed by atoms with Gasteiger partial charge in [0.15, 0.2) is 0 Å². The van der Waals surface area contributed by atoms with E-state index in [1.807, 2.05) is 31.2 Å². The Balaban J connectivity index is 1.82. The maximum absolute atomic E-state index is 13.1. The van der Waals surface area contributed by atoms with Crippen LogP contribution in [0.4, 0.5) is 30.8 Å². The largest absolute Gasteiger partial charge is 0.408 e. The summed E-state index contributed by atoms with van der Waals surface area (Å²) in [5, 5.41) is 2.99. The summed E-state index contributed by atoms with van der Waals surface area (Å²) in [6.45, 7) is 2.24. The average molecular weight is 323 g/mol. The number of alkyl halides is 3. The summed E-state index contributed by atoms with van der Waals surface area (Å²) in [6, 6.07) is 6.03. The third kappa shape index (κ3) is 3.52. The second-order valence-electron chi connectivity index (χ2n) is 5.50. The molecule has 0 bridgehead atoms. The first-order valence-electron chi connectivity index (χ1n) is 7.29. The quantitative estimate of drug-likeness (QED) is 0.937. The van der Waals surface area contributed by atoms with E-state index in [9.17, 15) is 13.2 Å². The van der Waals surface area contributed by atoms with Crippen LogP contribution in [0.1, 0.15) is 18.4 Å². The predicted octanol–water partition coefficient (Wildman–Crippen LogP) is 3.45. The van der Waals surface area contributed by atoms with E-state index in [1.165, 1.54) is 11.2 Å². The first-order chi connectivity index (χ1) is 10.9. The molecule has 23 heavy (non-hydrogen) atoms. The van der Waals surface area contributed by atoms with Crippen LogP contribution in [0, 0.1) is 6.92 Å². The number of anilines is 3. The summed E-state index contributed by atoms with van der Waals surface area (Å²) in [7, 11) is 0. The third-order valence-corrected chi connectivity index (χ3v) is 3.72. The van der Waals surface area contributed by atoms with Gasteiger partial charge in [0.05, 0.1) is 0 Å². The first kappa shape index (κ1) is 15.5. The van der Waals surface area contributed by atoms with E-state index in [0.717, 1.165) is 11.3 Å². The summed E-state index contributed by atoms with van der Waals surface area (Å²) in [6.07, 6.45) is -2.52. The summed E-state index contributed by atoms with van der Waals surface area (Å²) in [4.78, 5) is 13.2. The van der Waals surface area contributed by atoms with E-state index in [4.69, 9.17) is 0 Å². The van der Waals surface area contributed by atoms with Crippen LogP contribution in [0.3, 0.4) is 0 Å². The Morgan fingerprint density at radius 3 is 2.83 bits per heavy atom. The Labute approximate surface area is 131 Å². The normalized spacial score (nSPS) is 18.3.